The molecule has 240 valence electrons. The van der Waals surface area contributed by atoms with E-state index < -0.39 is 0 Å². The van der Waals surface area contributed by atoms with E-state index in [0.29, 0.717) is 5.89 Å². The number of nitrogens with zero attached hydrogens (tertiary/aromatic N) is 2. The summed E-state index contributed by atoms with van der Waals surface area (Å²) in [5.41, 5.74) is 10.6. The number of thiophene rings is 1. The van der Waals surface area contributed by atoms with Gasteiger partial charge in [0.05, 0.1) is 5.69 Å². The van der Waals surface area contributed by atoms with Gasteiger partial charge in [-0.2, -0.15) is 0 Å². The van der Waals surface area contributed by atoms with E-state index in [1.807, 2.05) is 47.7 Å². The van der Waals surface area contributed by atoms with Crippen molar-refractivity contribution >= 4 is 70.4 Å². The molecule has 3 nitrogen and oxygen atoms in total. The molecule has 0 saturated heterocycles. The van der Waals surface area contributed by atoms with Gasteiger partial charge in [0.25, 0.3) is 0 Å². The summed E-state index contributed by atoms with van der Waals surface area (Å²) >= 11 is 1.85. The molecule has 0 atom stereocenters. The average molecular weight is 671 g/mol. The first-order valence-corrected chi connectivity index (χ1v) is 17.9. The number of para-hydroxylation sites is 1. The van der Waals surface area contributed by atoms with Gasteiger partial charge in [0.2, 0.25) is 5.89 Å². The van der Waals surface area contributed by atoms with Gasteiger partial charge in [-0.1, -0.05) is 121 Å². The molecule has 0 aliphatic carbocycles. The van der Waals surface area contributed by atoms with Gasteiger partial charge in [-0.15, -0.1) is 11.3 Å². The van der Waals surface area contributed by atoms with Gasteiger partial charge >= 0.3 is 0 Å². The zero-order valence-corrected chi connectivity index (χ0v) is 28.3. The second kappa shape index (κ2) is 12.1. The second-order valence-corrected chi connectivity index (χ2v) is 13.9. The Morgan fingerprint density at radius 2 is 1.12 bits per heavy atom. The minimum atomic E-state index is 0.637. The van der Waals surface area contributed by atoms with E-state index in [9.17, 15) is 0 Å². The first-order valence-electron chi connectivity index (χ1n) is 17.1. The normalized spacial score (nSPS) is 11.5. The van der Waals surface area contributed by atoms with Crippen molar-refractivity contribution < 1.29 is 4.42 Å². The first kappa shape index (κ1) is 29.4. The van der Waals surface area contributed by atoms with Crippen molar-refractivity contribution in [1.82, 2.24) is 4.98 Å². The number of oxazole rings is 1. The summed E-state index contributed by atoms with van der Waals surface area (Å²) in [6, 6.07) is 64.6. The highest BCUT2D eigenvalue weighted by atomic mass is 32.1. The molecule has 4 heteroatoms. The molecule has 0 bridgehead atoms. The Morgan fingerprint density at radius 1 is 0.451 bits per heavy atom. The van der Waals surface area contributed by atoms with Crippen LogP contribution in [0.2, 0.25) is 0 Å². The third-order valence-corrected chi connectivity index (χ3v) is 10.8. The third kappa shape index (κ3) is 5.16. The molecule has 10 aromatic rings. The van der Waals surface area contributed by atoms with Crippen molar-refractivity contribution in [2.24, 2.45) is 0 Å². The third-order valence-electron chi connectivity index (χ3n) is 9.71. The van der Waals surface area contributed by atoms with Crippen LogP contribution in [-0.2, 0) is 0 Å². The van der Waals surface area contributed by atoms with Gasteiger partial charge in [0.1, 0.15) is 5.52 Å². The molecule has 0 N–H and O–H groups in total. The van der Waals surface area contributed by atoms with Crippen LogP contribution in [0.1, 0.15) is 0 Å². The number of fused-ring (bicyclic) bond motifs is 6. The zero-order valence-electron chi connectivity index (χ0n) is 27.5. The number of anilines is 3. The van der Waals surface area contributed by atoms with Gasteiger partial charge in [0, 0.05) is 48.1 Å². The lowest BCUT2D eigenvalue weighted by atomic mass is 9.99. The lowest BCUT2D eigenvalue weighted by Crippen LogP contribution is -2.11. The molecule has 0 fully saturated rings. The summed E-state index contributed by atoms with van der Waals surface area (Å²) in [4.78, 5) is 7.34. The Hall–Kier alpha value is -6.49. The summed E-state index contributed by atoms with van der Waals surface area (Å²) in [6.07, 6.45) is 0. The van der Waals surface area contributed by atoms with Crippen molar-refractivity contribution in [2.45, 2.75) is 0 Å². The predicted octanol–water partition coefficient (Wildman–Crippen LogP) is 13.8. The monoisotopic (exact) mass is 670 g/mol. The number of hydrogen-bond acceptors (Lipinski definition) is 4. The van der Waals surface area contributed by atoms with Crippen LogP contribution >= 0.6 is 11.3 Å². The molecule has 8 aromatic carbocycles. The average Bonchev–Trinajstić information content (AvgIpc) is 3.81. The van der Waals surface area contributed by atoms with E-state index in [1.54, 1.807) is 0 Å². The standard InChI is InChI=1S/C47H30N2OS/c1-3-11-32(12-4-1)38-15-7-9-17-42(38)49(37-26-27-40-39-16-8-10-18-44(39)51-45(40)30-37)36-24-21-31(22-25-36)35-20-19-33-23-28-43-46(41(33)29-35)48-47(50-43)34-13-5-2-6-14-34/h1-30H. The Balaban J connectivity index is 1.09. The zero-order chi connectivity index (χ0) is 33.7. The fourth-order valence-electron chi connectivity index (χ4n) is 7.21. The van der Waals surface area contributed by atoms with Crippen LogP contribution in [0.4, 0.5) is 17.1 Å². The Kier molecular flexibility index (Phi) is 7.00. The quantitative estimate of drug-likeness (QED) is 0.176. The second-order valence-electron chi connectivity index (χ2n) is 12.8. The number of hydrogen-bond donors (Lipinski definition) is 0. The van der Waals surface area contributed by atoms with Gasteiger partial charge in [0.15, 0.2) is 5.58 Å². The first-order chi connectivity index (χ1) is 25.3. The molecule has 0 aliphatic rings. The SMILES string of the molecule is c1ccc(-c2nc3c(ccc4ccc(-c5ccc(N(c6ccc7c(c6)sc6ccccc67)c6ccccc6-c6ccccc6)cc5)cc43)o2)cc1. The Bertz CT molecular complexity index is 2850. The van der Waals surface area contributed by atoms with E-state index >= 15 is 0 Å². The van der Waals surface area contributed by atoms with Crippen molar-refractivity contribution in [2.75, 3.05) is 4.90 Å². The lowest BCUT2D eigenvalue weighted by molar-refractivity contribution is 0.620. The number of rotatable bonds is 6. The molecule has 2 heterocycles. The minimum absolute atomic E-state index is 0.637. The molecule has 0 saturated carbocycles. The van der Waals surface area contributed by atoms with Gasteiger partial charge in [-0.3, -0.25) is 0 Å². The van der Waals surface area contributed by atoms with Crippen LogP contribution in [0.3, 0.4) is 0 Å². The van der Waals surface area contributed by atoms with Gasteiger partial charge in [-0.25, -0.2) is 4.98 Å². The van der Waals surface area contributed by atoms with Gasteiger partial charge in [-0.05, 0) is 82.7 Å². The van der Waals surface area contributed by atoms with Crippen LogP contribution in [0.5, 0.6) is 0 Å². The maximum Gasteiger partial charge on any atom is 0.227 e. The summed E-state index contributed by atoms with van der Waals surface area (Å²) in [6.45, 7) is 0. The number of benzene rings is 8. The maximum absolute atomic E-state index is 6.20. The lowest BCUT2D eigenvalue weighted by Gasteiger charge is -2.28. The van der Waals surface area contributed by atoms with Crippen LogP contribution in [0.25, 0.3) is 75.8 Å². The molecule has 51 heavy (non-hydrogen) atoms. The van der Waals surface area contributed by atoms with Crippen LogP contribution in [0, 0.1) is 0 Å². The molecule has 0 unspecified atom stereocenters. The highest BCUT2D eigenvalue weighted by Crippen LogP contribution is 2.44. The number of aromatic nitrogens is 1. The minimum Gasteiger partial charge on any atom is -0.436 e. The van der Waals surface area contributed by atoms with E-state index in [0.717, 1.165) is 55.6 Å². The van der Waals surface area contributed by atoms with E-state index in [1.165, 1.54) is 31.3 Å². The molecule has 2 aromatic heterocycles. The van der Waals surface area contributed by atoms with Gasteiger partial charge < -0.3 is 9.32 Å². The summed E-state index contributed by atoms with van der Waals surface area (Å²) in [5, 5.41) is 4.81. The topological polar surface area (TPSA) is 29.3 Å². The van der Waals surface area contributed by atoms with E-state index in [4.69, 9.17) is 9.40 Å². The molecular weight excluding hydrogens is 641 g/mol. The highest BCUT2D eigenvalue weighted by Gasteiger charge is 2.19. The van der Waals surface area contributed by atoms with Crippen molar-refractivity contribution in [3.8, 4) is 33.7 Å². The van der Waals surface area contributed by atoms with E-state index in [2.05, 4.69) is 150 Å². The van der Waals surface area contributed by atoms with Crippen LogP contribution in [-0.4, -0.2) is 4.98 Å². The summed E-state index contributed by atoms with van der Waals surface area (Å²) in [7, 11) is 0. The van der Waals surface area contributed by atoms with E-state index in [-0.39, 0.29) is 0 Å². The van der Waals surface area contributed by atoms with Crippen molar-refractivity contribution in [3.63, 3.8) is 0 Å². The molecule has 0 aliphatic heterocycles. The predicted molar refractivity (Wildman–Crippen MR) is 215 cm³/mol. The fourth-order valence-corrected chi connectivity index (χ4v) is 8.35. The Morgan fingerprint density at radius 3 is 1.96 bits per heavy atom. The molecule has 0 amide bonds. The van der Waals surface area contributed by atoms with Crippen molar-refractivity contribution in [1.29, 1.82) is 0 Å². The molecule has 0 spiro atoms. The van der Waals surface area contributed by atoms with Crippen LogP contribution < -0.4 is 4.90 Å². The summed E-state index contributed by atoms with van der Waals surface area (Å²) < 4.78 is 8.78. The molecule has 0 radical (unpaired) electrons. The molecule has 10 rings (SSSR count). The van der Waals surface area contributed by atoms with Crippen LogP contribution in [0.15, 0.2) is 186 Å². The highest BCUT2D eigenvalue weighted by molar-refractivity contribution is 7.25. The summed E-state index contributed by atoms with van der Waals surface area (Å²) in [5.74, 6) is 0.637. The maximum atomic E-state index is 6.20. The molecular formula is C47H30N2OS. The fraction of sp³-hybridized carbons (Fsp3) is 0. The van der Waals surface area contributed by atoms with Crippen molar-refractivity contribution in [3.05, 3.63) is 182 Å². The largest absolute Gasteiger partial charge is 0.436 e. The smallest absolute Gasteiger partial charge is 0.227 e. The Labute approximate surface area is 299 Å².